The summed E-state index contributed by atoms with van der Waals surface area (Å²) >= 11 is 5.93. The number of aromatic nitrogens is 2. The second kappa shape index (κ2) is 7.53. The SMILES string of the molecule is CN(Cc1cccc(Cl)c1)C(=O)Cn1nc(-c2ccc(F)cc2)oc1=O. The molecular formula is C18H15ClFN3O3. The lowest BCUT2D eigenvalue weighted by molar-refractivity contribution is -0.131. The predicted molar refractivity (Wildman–Crippen MR) is 94.1 cm³/mol. The first-order valence-corrected chi connectivity index (χ1v) is 8.12. The van der Waals surface area contributed by atoms with E-state index < -0.39 is 11.6 Å². The Labute approximate surface area is 153 Å². The van der Waals surface area contributed by atoms with Crippen LogP contribution in [0.3, 0.4) is 0 Å². The number of carbonyl (C=O) groups excluding carboxylic acids is 1. The number of likely N-dealkylation sites (N-methyl/N-ethyl adjacent to an activating group) is 1. The van der Waals surface area contributed by atoms with Crippen molar-refractivity contribution in [2.24, 2.45) is 0 Å². The van der Waals surface area contributed by atoms with E-state index in [9.17, 15) is 14.0 Å². The fourth-order valence-electron chi connectivity index (χ4n) is 2.36. The van der Waals surface area contributed by atoms with Crippen molar-refractivity contribution < 1.29 is 13.6 Å². The molecule has 2 aromatic carbocycles. The van der Waals surface area contributed by atoms with Crippen molar-refractivity contribution in [3.05, 3.63) is 75.5 Å². The number of halogens is 2. The number of nitrogens with zero attached hydrogens (tertiary/aromatic N) is 3. The maximum Gasteiger partial charge on any atom is 0.437 e. The van der Waals surface area contributed by atoms with E-state index in [0.29, 0.717) is 17.1 Å². The van der Waals surface area contributed by atoms with E-state index in [1.54, 1.807) is 25.2 Å². The summed E-state index contributed by atoms with van der Waals surface area (Å²) in [6.07, 6.45) is 0. The van der Waals surface area contributed by atoms with Crippen molar-refractivity contribution in [1.82, 2.24) is 14.7 Å². The molecule has 0 atom stereocenters. The fraction of sp³-hybridized carbons (Fsp3) is 0.167. The van der Waals surface area contributed by atoms with Crippen LogP contribution in [0.25, 0.3) is 11.5 Å². The molecule has 26 heavy (non-hydrogen) atoms. The van der Waals surface area contributed by atoms with Gasteiger partial charge in [0, 0.05) is 24.2 Å². The minimum Gasteiger partial charge on any atom is -0.388 e. The zero-order chi connectivity index (χ0) is 18.7. The summed E-state index contributed by atoms with van der Waals surface area (Å²) in [5.41, 5.74) is 1.31. The predicted octanol–water partition coefficient (Wildman–Crippen LogP) is 2.95. The van der Waals surface area contributed by atoms with E-state index in [1.165, 1.54) is 29.2 Å². The first kappa shape index (κ1) is 17.9. The third-order valence-corrected chi connectivity index (χ3v) is 3.95. The summed E-state index contributed by atoms with van der Waals surface area (Å²) in [7, 11) is 1.62. The lowest BCUT2D eigenvalue weighted by atomic mass is 10.2. The number of amides is 1. The average molecular weight is 376 g/mol. The highest BCUT2D eigenvalue weighted by Gasteiger charge is 2.16. The minimum absolute atomic E-state index is 0.0281. The molecule has 0 aliphatic carbocycles. The Bertz CT molecular complexity index is 982. The highest BCUT2D eigenvalue weighted by Crippen LogP contribution is 2.16. The molecule has 0 fully saturated rings. The van der Waals surface area contributed by atoms with Gasteiger partial charge in [0.25, 0.3) is 0 Å². The van der Waals surface area contributed by atoms with Crippen molar-refractivity contribution in [3.8, 4) is 11.5 Å². The zero-order valence-electron chi connectivity index (χ0n) is 13.9. The molecule has 0 aliphatic rings. The molecule has 0 aliphatic heterocycles. The standard InChI is InChI=1S/C18H15ClFN3O3/c1-22(10-12-3-2-4-14(19)9-12)16(24)11-23-18(25)26-17(21-23)13-5-7-15(20)8-6-13/h2-9H,10-11H2,1H3. The van der Waals surface area contributed by atoms with Crippen molar-refractivity contribution in [2.75, 3.05) is 7.05 Å². The topological polar surface area (TPSA) is 68.3 Å². The van der Waals surface area contributed by atoms with Crippen LogP contribution in [0, 0.1) is 5.82 Å². The largest absolute Gasteiger partial charge is 0.437 e. The van der Waals surface area contributed by atoms with Gasteiger partial charge in [-0.25, -0.2) is 9.18 Å². The van der Waals surface area contributed by atoms with Crippen LogP contribution < -0.4 is 5.76 Å². The monoisotopic (exact) mass is 375 g/mol. The highest BCUT2D eigenvalue weighted by atomic mass is 35.5. The van der Waals surface area contributed by atoms with Gasteiger partial charge in [0.1, 0.15) is 12.4 Å². The van der Waals surface area contributed by atoms with Crippen molar-refractivity contribution in [1.29, 1.82) is 0 Å². The second-order valence-electron chi connectivity index (χ2n) is 5.72. The molecule has 134 valence electrons. The van der Waals surface area contributed by atoms with Gasteiger partial charge >= 0.3 is 5.76 Å². The number of rotatable bonds is 5. The van der Waals surface area contributed by atoms with Crippen LogP contribution in [-0.2, 0) is 17.9 Å². The van der Waals surface area contributed by atoms with Gasteiger partial charge in [-0.3, -0.25) is 4.79 Å². The lowest BCUT2D eigenvalue weighted by Crippen LogP contribution is -2.33. The van der Waals surface area contributed by atoms with Gasteiger partial charge in [0.2, 0.25) is 11.8 Å². The Morgan fingerprint density at radius 3 is 2.69 bits per heavy atom. The zero-order valence-corrected chi connectivity index (χ0v) is 14.6. The van der Waals surface area contributed by atoms with E-state index in [-0.39, 0.29) is 18.3 Å². The Kier molecular flexibility index (Phi) is 5.18. The van der Waals surface area contributed by atoms with Crippen LogP contribution in [-0.4, -0.2) is 27.6 Å². The summed E-state index contributed by atoms with van der Waals surface area (Å²) in [6, 6.07) is 12.5. The molecule has 1 aromatic heterocycles. The first-order chi connectivity index (χ1) is 12.4. The molecule has 0 N–H and O–H groups in total. The number of benzene rings is 2. The molecule has 1 amide bonds. The third kappa shape index (κ3) is 4.18. The maximum atomic E-state index is 13.0. The lowest BCUT2D eigenvalue weighted by Gasteiger charge is -2.16. The van der Waals surface area contributed by atoms with Gasteiger partial charge < -0.3 is 9.32 Å². The minimum atomic E-state index is -0.756. The Balaban J connectivity index is 1.71. The average Bonchev–Trinajstić information content (AvgIpc) is 2.96. The summed E-state index contributed by atoms with van der Waals surface area (Å²) in [6.45, 7) is 0.0808. The van der Waals surface area contributed by atoms with Crippen LogP contribution in [0.2, 0.25) is 5.02 Å². The van der Waals surface area contributed by atoms with E-state index >= 15 is 0 Å². The molecule has 6 nitrogen and oxygen atoms in total. The van der Waals surface area contributed by atoms with E-state index in [4.69, 9.17) is 16.0 Å². The van der Waals surface area contributed by atoms with E-state index in [2.05, 4.69) is 5.10 Å². The van der Waals surface area contributed by atoms with Crippen molar-refractivity contribution >= 4 is 17.5 Å². The molecule has 0 unspecified atom stereocenters. The van der Waals surface area contributed by atoms with Gasteiger partial charge in [0.15, 0.2) is 0 Å². The summed E-state index contributed by atoms with van der Waals surface area (Å²) in [4.78, 5) is 25.7. The number of carbonyl (C=O) groups is 1. The molecule has 0 saturated heterocycles. The molecular weight excluding hydrogens is 361 g/mol. The van der Waals surface area contributed by atoms with Crippen LogP contribution in [0.4, 0.5) is 4.39 Å². The van der Waals surface area contributed by atoms with Gasteiger partial charge in [-0.05, 0) is 42.0 Å². The second-order valence-corrected chi connectivity index (χ2v) is 6.15. The van der Waals surface area contributed by atoms with E-state index in [1.807, 2.05) is 6.07 Å². The van der Waals surface area contributed by atoms with Crippen molar-refractivity contribution in [3.63, 3.8) is 0 Å². The molecule has 3 rings (SSSR count). The van der Waals surface area contributed by atoms with E-state index in [0.717, 1.165) is 10.2 Å². The van der Waals surface area contributed by atoms with Crippen LogP contribution in [0.15, 0.2) is 57.7 Å². The molecule has 8 heteroatoms. The summed E-state index contributed by atoms with van der Waals surface area (Å²) in [5.74, 6) is -1.45. The number of hydrogen-bond acceptors (Lipinski definition) is 4. The molecule has 0 radical (unpaired) electrons. The smallest absolute Gasteiger partial charge is 0.388 e. The Morgan fingerprint density at radius 2 is 2.00 bits per heavy atom. The van der Waals surface area contributed by atoms with Gasteiger partial charge in [0.05, 0.1) is 0 Å². The van der Waals surface area contributed by atoms with Crippen LogP contribution in [0.1, 0.15) is 5.56 Å². The molecule has 3 aromatic rings. The van der Waals surface area contributed by atoms with Gasteiger partial charge in [-0.2, -0.15) is 4.68 Å². The molecule has 1 heterocycles. The Morgan fingerprint density at radius 1 is 1.27 bits per heavy atom. The molecule has 0 spiro atoms. The normalized spacial score (nSPS) is 10.7. The van der Waals surface area contributed by atoms with Gasteiger partial charge in [-0.1, -0.05) is 23.7 Å². The van der Waals surface area contributed by atoms with Gasteiger partial charge in [-0.15, -0.1) is 5.10 Å². The maximum absolute atomic E-state index is 13.0. The first-order valence-electron chi connectivity index (χ1n) is 7.74. The van der Waals surface area contributed by atoms with Crippen LogP contribution in [0.5, 0.6) is 0 Å². The molecule has 0 saturated carbocycles. The summed E-state index contributed by atoms with van der Waals surface area (Å²) in [5, 5.41) is 4.58. The van der Waals surface area contributed by atoms with Crippen molar-refractivity contribution in [2.45, 2.75) is 13.1 Å². The Hall–Kier alpha value is -2.93. The number of hydrogen-bond donors (Lipinski definition) is 0. The third-order valence-electron chi connectivity index (χ3n) is 3.72. The molecule has 0 bridgehead atoms. The highest BCUT2D eigenvalue weighted by molar-refractivity contribution is 6.30. The summed E-state index contributed by atoms with van der Waals surface area (Å²) < 4.78 is 19.0. The quantitative estimate of drug-likeness (QED) is 0.687. The fourth-order valence-corrected chi connectivity index (χ4v) is 2.57. The van der Waals surface area contributed by atoms with Crippen LogP contribution >= 0.6 is 11.6 Å².